The molecular weight excluding hydrogens is 351 g/mol. The number of aromatic nitrogens is 6. The van der Waals surface area contributed by atoms with Crippen LogP contribution in [-0.2, 0) is 12.7 Å². The van der Waals surface area contributed by atoms with E-state index in [2.05, 4.69) is 25.4 Å². The summed E-state index contributed by atoms with van der Waals surface area (Å²) in [4.78, 5) is 13.0. The van der Waals surface area contributed by atoms with Gasteiger partial charge in [-0.25, -0.2) is 9.97 Å². The first-order chi connectivity index (χ1) is 12.5. The molecule has 0 saturated carbocycles. The zero-order valence-electron chi connectivity index (χ0n) is 14.1. The molecule has 0 bridgehead atoms. The van der Waals surface area contributed by atoms with Crippen LogP contribution < -0.4 is 15.5 Å². The van der Waals surface area contributed by atoms with E-state index in [1.807, 2.05) is 9.80 Å². The summed E-state index contributed by atoms with van der Waals surface area (Å²) in [5.41, 5.74) is 4.61. The number of nitrogens with zero attached hydrogens (tertiary/aromatic N) is 8. The molecule has 1 aliphatic rings. The van der Waals surface area contributed by atoms with E-state index in [1.54, 1.807) is 4.80 Å². The van der Waals surface area contributed by atoms with Gasteiger partial charge in [0.05, 0.1) is 12.1 Å². The number of hydrogen-bond acceptors (Lipinski definition) is 8. The standard InChI is InChI=1S/C14H20F3N9/c15-14(16,17)11-9-19-12(20-10-11)24-5-7-25(8-6-24)13-21-23-26(22-13)4-2-1-3-18/h9-10H,1-8,18H2. The molecule has 1 saturated heterocycles. The number of alkyl halides is 3. The zero-order valence-corrected chi connectivity index (χ0v) is 14.1. The van der Waals surface area contributed by atoms with Crippen molar-refractivity contribution in [1.82, 2.24) is 30.2 Å². The highest BCUT2D eigenvalue weighted by Gasteiger charge is 2.32. The van der Waals surface area contributed by atoms with E-state index in [4.69, 9.17) is 5.73 Å². The summed E-state index contributed by atoms with van der Waals surface area (Å²) < 4.78 is 37.7. The molecule has 1 fully saturated rings. The lowest BCUT2D eigenvalue weighted by Crippen LogP contribution is -2.47. The zero-order chi connectivity index (χ0) is 18.6. The molecule has 0 atom stereocenters. The fraction of sp³-hybridized carbons (Fsp3) is 0.643. The molecule has 0 amide bonds. The molecule has 1 aliphatic heterocycles. The molecule has 9 nitrogen and oxygen atoms in total. The number of hydrogen-bond donors (Lipinski definition) is 1. The van der Waals surface area contributed by atoms with Crippen LogP contribution in [0, 0.1) is 0 Å². The summed E-state index contributed by atoms with van der Waals surface area (Å²) in [5, 5.41) is 12.4. The largest absolute Gasteiger partial charge is 0.419 e. The minimum Gasteiger partial charge on any atom is -0.337 e. The van der Waals surface area contributed by atoms with Crippen LogP contribution in [-0.4, -0.2) is 62.9 Å². The lowest BCUT2D eigenvalue weighted by Gasteiger charge is -2.33. The Morgan fingerprint density at radius 3 is 2.15 bits per heavy atom. The van der Waals surface area contributed by atoms with Gasteiger partial charge in [-0.1, -0.05) is 5.10 Å². The number of piperazine rings is 1. The van der Waals surface area contributed by atoms with Crippen LogP contribution in [0.25, 0.3) is 0 Å². The predicted molar refractivity (Wildman–Crippen MR) is 87.6 cm³/mol. The number of aryl methyl sites for hydroxylation is 1. The van der Waals surface area contributed by atoms with E-state index < -0.39 is 11.7 Å². The third-order valence-electron chi connectivity index (χ3n) is 4.07. The van der Waals surface area contributed by atoms with Gasteiger partial charge in [0, 0.05) is 38.6 Å². The molecule has 0 aliphatic carbocycles. The molecule has 2 aromatic rings. The minimum atomic E-state index is -4.43. The average molecular weight is 371 g/mol. The molecule has 2 aromatic heterocycles. The fourth-order valence-electron chi connectivity index (χ4n) is 2.59. The number of halogens is 3. The third-order valence-corrected chi connectivity index (χ3v) is 4.07. The Bertz CT molecular complexity index is 692. The smallest absolute Gasteiger partial charge is 0.337 e. The van der Waals surface area contributed by atoms with Gasteiger partial charge < -0.3 is 15.5 Å². The molecule has 0 spiro atoms. The second-order valence-corrected chi connectivity index (χ2v) is 5.92. The van der Waals surface area contributed by atoms with E-state index in [1.165, 1.54) is 0 Å². The van der Waals surface area contributed by atoms with Gasteiger partial charge in [0.1, 0.15) is 0 Å². The number of anilines is 2. The van der Waals surface area contributed by atoms with E-state index in [0.717, 1.165) is 25.2 Å². The van der Waals surface area contributed by atoms with E-state index in [-0.39, 0.29) is 5.95 Å². The molecule has 0 aromatic carbocycles. The Morgan fingerprint density at radius 1 is 0.962 bits per heavy atom. The highest BCUT2D eigenvalue weighted by molar-refractivity contribution is 5.36. The molecule has 0 unspecified atom stereocenters. The van der Waals surface area contributed by atoms with E-state index >= 15 is 0 Å². The molecule has 12 heteroatoms. The van der Waals surface area contributed by atoms with Crippen molar-refractivity contribution in [3.05, 3.63) is 18.0 Å². The van der Waals surface area contributed by atoms with Gasteiger partial charge in [-0.15, -0.1) is 5.10 Å². The quantitative estimate of drug-likeness (QED) is 0.735. The number of tetrazole rings is 1. The highest BCUT2D eigenvalue weighted by Crippen LogP contribution is 2.28. The van der Waals surface area contributed by atoms with Crippen LogP contribution in [0.1, 0.15) is 18.4 Å². The SMILES string of the molecule is NCCCCn1nnc(N2CCN(c3ncc(C(F)(F)F)cn3)CC2)n1. The van der Waals surface area contributed by atoms with E-state index in [0.29, 0.717) is 45.2 Å². The Kier molecular flexibility index (Phi) is 5.49. The van der Waals surface area contributed by atoms with Gasteiger partial charge >= 0.3 is 6.18 Å². The summed E-state index contributed by atoms with van der Waals surface area (Å²) in [5.74, 6) is 0.835. The van der Waals surface area contributed by atoms with Crippen molar-refractivity contribution in [3.63, 3.8) is 0 Å². The summed E-state index contributed by atoms with van der Waals surface area (Å²) in [7, 11) is 0. The molecule has 3 heterocycles. The van der Waals surface area contributed by atoms with Gasteiger partial charge in [0.25, 0.3) is 5.95 Å². The van der Waals surface area contributed by atoms with Gasteiger partial charge in [0.2, 0.25) is 5.95 Å². The van der Waals surface area contributed by atoms with Crippen LogP contribution in [0.5, 0.6) is 0 Å². The van der Waals surface area contributed by atoms with Gasteiger partial charge in [-0.05, 0) is 24.6 Å². The Labute approximate surface area is 148 Å². The number of rotatable bonds is 6. The number of unbranched alkanes of at least 4 members (excludes halogenated alkanes) is 1. The van der Waals surface area contributed by atoms with Crippen LogP contribution in [0.3, 0.4) is 0 Å². The maximum atomic E-state index is 12.6. The summed E-state index contributed by atoms with van der Waals surface area (Å²) in [6.45, 7) is 3.65. The van der Waals surface area contributed by atoms with Crippen molar-refractivity contribution >= 4 is 11.9 Å². The van der Waals surface area contributed by atoms with Crippen molar-refractivity contribution in [2.45, 2.75) is 25.6 Å². The lowest BCUT2D eigenvalue weighted by atomic mass is 10.3. The Balaban J connectivity index is 1.54. The second-order valence-electron chi connectivity index (χ2n) is 5.92. The first kappa shape index (κ1) is 18.3. The monoisotopic (exact) mass is 371 g/mol. The van der Waals surface area contributed by atoms with Gasteiger partial charge in [-0.3, -0.25) is 0 Å². The van der Waals surface area contributed by atoms with Crippen LogP contribution in [0.15, 0.2) is 12.4 Å². The van der Waals surface area contributed by atoms with Crippen LogP contribution in [0.2, 0.25) is 0 Å². The van der Waals surface area contributed by atoms with Crippen LogP contribution >= 0.6 is 0 Å². The minimum absolute atomic E-state index is 0.288. The number of nitrogens with two attached hydrogens (primary N) is 1. The van der Waals surface area contributed by atoms with Gasteiger partial charge in [-0.2, -0.15) is 18.0 Å². The van der Waals surface area contributed by atoms with E-state index in [9.17, 15) is 13.2 Å². The summed E-state index contributed by atoms with van der Waals surface area (Å²) in [6.07, 6.45) is -1.01. The molecule has 26 heavy (non-hydrogen) atoms. The predicted octanol–water partition coefficient (Wildman–Crippen LogP) is 0.547. The van der Waals surface area contributed by atoms with Gasteiger partial charge in [0.15, 0.2) is 0 Å². The van der Waals surface area contributed by atoms with Crippen LogP contribution in [0.4, 0.5) is 25.1 Å². The topological polar surface area (TPSA) is 102 Å². The average Bonchev–Trinajstić information content (AvgIpc) is 3.10. The fourth-order valence-corrected chi connectivity index (χ4v) is 2.59. The highest BCUT2D eigenvalue weighted by atomic mass is 19.4. The van der Waals surface area contributed by atoms with Crippen molar-refractivity contribution in [2.75, 3.05) is 42.5 Å². The molecule has 142 valence electrons. The Hall–Kier alpha value is -2.50. The maximum Gasteiger partial charge on any atom is 0.419 e. The van der Waals surface area contributed by atoms with Crippen molar-refractivity contribution in [2.24, 2.45) is 5.73 Å². The van der Waals surface area contributed by atoms with Crippen molar-refractivity contribution < 1.29 is 13.2 Å². The summed E-state index contributed by atoms with van der Waals surface area (Å²) >= 11 is 0. The second kappa shape index (κ2) is 7.81. The maximum absolute atomic E-state index is 12.6. The molecule has 3 rings (SSSR count). The molecule has 2 N–H and O–H groups in total. The van der Waals surface area contributed by atoms with Crippen molar-refractivity contribution in [3.8, 4) is 0 Å². The first-order valence-electron chi connectivity index (χ1n) is 8.34. The third kappa shape index (κ3) is 4.36. The Morgan fingerprint density at radius 2 is 1.58 bits per heavy atom. The first-order valence-corrected chi connectivity index (χ1v) is 8.34. The normalized spacial score (nSPS) is 15.5. The van der Waals surface area contributed by atoms with Crippen molar-refractivity contribution in [1.29, 1.82) is 0 Å². The summed E-state index contributed by atoms with van der Waals surface area (Å²) in [6, 6.07) is 0. The lowest BCUT2D eigenvalue weighted by molar-refractivity contribution is -0.138. The molecule has 0 radical (unpaired) electrons. The molecular formula is C14H20F3N9.